The highest BCUT2D eigenvalue weighted by Gasteiger charge is 2.55. The molecule has 0 spiro atoms. The van der Waals surface area contributed by atoms with Gasteiger partial charge in [0.25, 0.3) is 0 Å². The average Bonchev–Trinajstić information content (AvgIpc) is 0.787. The first kappa shape index (κ1) is 91.8. The number of nitrogens with one attached hydrogen (secondary N) is 3. The van der Waals surface area contributed by atoms with Crippen LogP contribution in [0, 0.1) is 23.7 Å². The van der Waals surface area contributed by atoms with Gasteiger partial charge in [-0.3, -0.25) is 24.0 Å². The van der Waals surface area contributed by atoms with Gasteiger partial charge in [0, 0.05) is 43.2 Å². The number of ketones is 3. The van der Waals surface area contributed by atoms with Gasteiger partial charge in [0.2, 0.25) is 11.8 Å². The number of amides is 2. The fraction of sp³-hybridized carbons (Fsp3) is 0.925. The van der Waals surface area contributed by atoms with E-state index in [0.29, 0.717) is 70.9 Å². The maximum Gasteiger partial charge on any atom is 0.223 e. The Morgan fingerprint density at radius 2 is 0.750 bits per heavy atom. The molecular weight excluding hydrogens is 1450 g/mol. The fourth-order valence-electron chi connectivity index (χ4n) is 14.3. The number of aliphatic hydroxyl groups excluding tert-OH is 20. The summed E-state index contributed by atoms with van der Waals surface area (Å²) in [6.45, 7) is -0.153. The van der Waals surface area contributed by atoms with Gasteiger partial charge in [0.05, 0.1) is 65.4 Å². The molecule has 2 aliphatic carbocycles. The standard InChI is InChI=1S/C36H63N3O19.C31H53NO18/c1-16(42)19(4-2-3-9-37)39-12-20(43)17-5-7-18(8-6-17)33(52)38-10-11-53-35-31(51)32(58-36-30(50)28(48)25(45)22(14-41)56-36)26(46)23(57-35)15-54-34-29(49)27(47)24(44)21(13-40)55-34;1-2-32-28(44)14-7-5-13(6-8-14)15(35)4-3-9-45-30-26(43)27(50-31-25(42)23(40)20(37)17(11-34)48-31)21(38)18(49-30)12-46-29-24(41)22(39)19(36)16(10-33)47-29/h17-19,21-32,34-36,39-41,44-51H,2-15,37H2,1H3,(H,38,52);13-14,16-27,29-31,33-34,36-43H,2-12H2,1H3,(H,32,44)/t17?,18?,19-,21+,22+,23+,24+,25+,26+,27-,28-,29-,30-,31-,32-,34-,35-,36+;13?,14?,16-,17-,18-,19-,20-,21-,22+,23+,24+,25+,26+,27+,29+,30+,31-/m01/s1. The van der Waals surface area contributed by atoms with E-state index in [2.05, 4.69) is 16.0 Å². The van der Waals surface area contributed by atoms with Crippen LogP contribution in [0.15, 0.2) is 0 Å². The summed E-state index contributed by atoms with van der Waals surface area (Å²) in [5.41, 5.74) is 5.54. The van der Waals surface area contributed by atoms with E-state index < -0.39 is 230 Å². The highest BCUT2D eigenvalue weighted by molar-refractivity contribution is 5.86. The fourth-order valence-corrected chi connectivity index (χ4v) is 14.3. The summed E-state index contributed by atoms with van der Waals surface area (Å²) >= 11 is 0. The third-order valence-corrected chi connectivity index (χ3v) is 21.1. The second-order valence-electron chi connectivity index (χ2n) is 28.6. The van der Waals surface area contributed by atoms with Crippen LogP contribution in [-0.2, 0) is 80.8 Å². The molecule has 0 aromatic carbocycles. The van der Waals surface area contributed by atoms with Gasteiger partial charge in [0.1, 0.15) is 164 Å². The number of aliphatic hydroxyl groups is 20. The zero-order valence-electron chi connectivity index (χ0n) is 60.3. The molecule has 0 bridgehead atoms. The topological polar surface area (TPSA) is 663 Å². The van der Waals surface area contributed by atoms with Crippen LogP contribution >= 0.6 is 0 Å². The van der Waals surface area contributed by atoms with Crippen molar-refractivity contribution in [3.8, 4) is 0 Å². The van der Waals surface area contributed by atoms with E-state index in [1.165, 1.54) is 6.92 Å². The molecule has 6 aliphatic heterocycles. The van der Waals surface area contributed by atoms with Crippen LogP contribution in [0.25, 0.3) is 0 Å². The third kappa shape index (κ3) is 24.1. The van der Waals surface area contributed by atoms with Crippen molar-refractivity contribution >= 4 is 29.2 Å². The molecule has 31 atom stereocenters. The quantitative estimate of drug-likeness (QED) is 0.0259. The number of carbonyl (C=O) groups is 5. The molecular formula is C67H116N4O37. The van der Waals surface area contributed by atoms with E-state index in [1.54, 1.807) is 0 Å². The summed E-state index contributed by atoms with van der Waals surface area (Å²) in [6, 6.07) is -0.415. The van der Waals surface area contributed by atoms with Gasteiger partial charge < -0.3 is 181 Å². The lowest BCUT2D eigenvalue weighted by Gasteiger charge is -2.46. The molecule has 108 heavy (non-hydrogen) atoms. The van der Waals surface area contributed by atoms with Gasteiger partial charge in [-0.25, -0.2) is 0 Å². The van der Waals surface area contributed by atoms with Crippen molar-refractivity contribution in [1.82, 2.24) is 16.0 Å². The molecule has 2 saturated carbocycles. The minimum absolute atomic E-state index is 0.00585. The van der Waals surface area contributed by atoms with Crippen LogP contribution < -0.4 is 21.7 Å². The summed E-state index contributed by atoms with van der Waals surface area (Å²) in [5.74, 6) is -1.24. The monoisotopic (exact) mass is 1570 g/mol. The van der Waals surface area contributed by atoms with Crippen molar-refractivity contribution in [3.63, 3.8) is 0 Å². The second kappa shape index (κ2) is 44.5. The van der Waals surface area contributed by atoms with E-state index in [9.17, 15) is 126 Å². The van der Waals surface area contributed by atoms with Crippen molar-refractivity contribution in [2.75, 3.05) is 79.0 Å². The lowest BCUT2D eigenvalue weighted by atomic mass is 9.79. The molecule has 2 amide bonds. The number of carbonyl (C=O) groups excluding carboxylic acids is 5. The molecule has 41 heteroatoms. The molecule has 0 aromatic rings. The Bertz CT molecular complexity index is 2690. The number of hydrogen-bond acceptors (Lipinski definition) is 39. The van der Waals surface area contributed by atoms with E-state index >= 15 is 0 Å². The first-order valence-electron chi connectivity index (χ1n) is 37.0. The zero-order valence-corrected chi connectivity index (χ0v) is 60.3. The molecule has 626 valence electrons. The van der Waals surface area contributed by atoms with E-state index in [1.807, 2.05) is 6.92 Å². The van der Waals surface area contributed by atoms with Gasteiger partial charge in [-0.2, -0.15) is 0 Å². The molecule has 8 rings (SSSR count). The number of unbranched alkanes of at least 4 members (excludes halogenated alkanes) is 1. The summed E-state index contributed by atoms with van der Waals surface area (Å²) < 4.78 is 66.9. The summed E-state index contributed by atoms with van der Waals surface area (Å²) in [4.78, 5) is 62.9. The summed E-state index contributed by atoms with van der Waals surface area (Å²) in [7, 11) is 0. The normalized spacial score (nSPS) is 42.0. The van der Waals surface area contributed by atoms with Gasteiger partial charge in [-0.15, -0.1) is 0 Å². The SMILES string of the molecule is CC(=O)[C@H](CCCCN)NCC(=O)C1CCC(C(=O)NCCO[C@H]2O[C@H](CO[C@H]3O[C@H](CO)[C@@H](O)[C@H](O)[C@@H]3O)[C@@H](O)[C@H](O[C@H]3O[C@H](CO)[C@@H](O)[C@H](O)[C@@H]3O)[C@@H]2O)CC1.CCNC(=O)C1CCC(C(=O)CCCO[C@H]2O[C@H](CO[C@H]3O[C@H](CO)[C@@H](O)[C@H](O)[C@@H]3O)[C@@H](O)[C@H](O[C@H]3O[C@H](CO)[C@@H](O)[C@H](O)[C@@H]3O)[C@@H]2O)CC1. The number of rotatable bonds is 36. The molecule has 0 unspecified atom stereocenters. The molecule has 41 nitrogen and oxygen atoms in total. The van der Waals surface area contributed by atoms with Crippen LogP contribution in [0.3, 0.4) is 0 Å². The van der Waals surface area contributed by atoms with E-state index in [-0.39, 0.29) is 92.0 Å². The molecule has 6 heterocycles. The van der Waals surface area contributed by atoms with Crippen LogP contribution in [0.1, 0.15) is 97.3 Å². The molecule has 8 fully saturated rings. The third-order valence-electron chi connectivity index (χ3n) is 21.1. The van der Waals surface area contributed by atoms with Crippen LogP contribution in [0.2, 0.25) is 0 Å². The van der Waals surface area contributed by atoms with Crippen LogP contribution in [0.5, 0.6) is 0 Å². The van der Waals surface area contributed by atoms with Crippen LogP contribution in [-0.4, -0.2) is 401 Å². The Morgan fingerprint density at radius 1 is 0.398 bits per heavy atom. The first-order valence-corrected chi connectivity index (χ1v) is 37.0. The smallest absolute Gasteiger partial charge is 0.223 e. The highest BCUT2D eigenvalue weighted by atomic mass is 16.8. The first-order chi connectivity index (χ1) is 51.4. The minimum atomic E-state index is -1.90. The lowest BCUT2D eigenvalue weighted by molar-refractivity contribution is -0.366. The van der Waals surface area contributed by atoms with Crippen LogP contribution in [0.4, 0.5) is 0 Å². The Kier molecular flexibility index (Phi) is 37.8. The highest BCUT2D eigenvalue weighted by Crippen LogP contribution is 2.36. The van der Waals surface area contributed by atoms with Gasteiger partial charge in [-0.1, -0.05) is 6.42 Å². The maximum atomic E-state index is 13.0. The Hall–Kier alpha value is -3.41. The molecule has 0 aromatic heterocycles. The summed E-state index contributed by atoms with van der Waals surface area (Å²) in [5, 5.41) is 215. The average molecular weight is 1570 g/mol. The minimum Gasteiger partial charge on any atom is -0.394 e. The molecule has 6 saturated heterocycles. The Labute approximate surface area is 622 Å². The maximum absolute atomic E-state index is 13.0. The largest absolute Gasteiger partial charge is 0.394 e. The predicted octanol–water partition coefficient (Wildman–Crippen LogP) is -11.6. The second-order valence-corrected chi connectivity index (χ2v) is 28.6. The van der Waals surface area contributed by atoms with Crippen molar-refractivity contribution in [2.45, 2.75) is 288 Å². The van der Waals surface area contributed by atoms with E-state index in [4.69, 9.17) is 62.6 Å². The number of nitrogens with two attached hydrogens (primary N) is 1. The molecule has 0 radical (unpaired) electrons. The zero-order chi connectivity index (χ0) is 79.4. The van der Waals surface area contributed by atoms with Gasteiger partial charge in [-0.05, 0) is 91.0 Å². The lowest BCUT2D eigenvalue weighted by Crippen LogP contribution is -2.65. The Morgan fingerprint density at radius 3 is 1.14 bits per heavy atom. The van der Waals surface area contributed by atoms with Crippen molar-refractivity contribution < 1.29 is 183 Å². The van der Waals surface area contributed by atoms with Crippen molar-refractivity contribution in [3.05, 3.63) is 0 Å². The number of ether oxygens (including phenoxy) is 12. The number of hydrogen-bond donors (Lipinski definition) is 24. The molecule has 25 N–H and O–H groups in total. The van der Waals surface area contributed by atoms with Gasteiger partial charge >= 0.3 is 0 Å². The molecule has 8 aliphatic rings. The number of Topliss-reactive ketones (excluding diaryl/α,β-unsaturated/α-hetero) is 3. The van der Waals surface area contributed by atoms with Crippen molar-refractivity contribution in [1.29, 1.82) is 0 Å². The van der Waals surface area contributed by atoms with Gasteiger partial charge in [0.15, 0.2) is 37.7 Å². The van der Waals surface area contributed by atoms with E-state index in [0.717, 1.165) is 12.8 Å². The van der Waals surface area contributed by atoms with Crippen molar-refractivity contribution in [2.24, 2.45) is 29.4 Å². The predicted molar refractivity (Wildman–Crippen MR) is 357 cm³/mol. The Balaban J connectivity index is 0.000000304. The summed E-state index contributed by atoms with van der Waals surface area (Å²) in [6.07, 6.45) is -43.0.